The molecule has 0 bridgehead atoms. The van der Waals surface area contributed by atoms with Crippen LogP contribution in [0.1, 0.15) is 16.1 Å². The third kappa shape index (κ3) is 3.27. The Morgan fingerprint density at radius 1 is 1.23 bits per heavy atom. The van der Waals surface area contributed by atoms with Crippen molar-refractivity contribution in [2.75, 3.05) is 7.11 Å². The second-order valence-corrected chi connectivity index (χ2v) is 5.72. The van der Waals surface area contributed by atoms with Gasteiger partial charge in [0.05, 0.1) is 23.6 Å². The van der Waals surface area contributed by atoms with Crippen molar-refractivity contribution in [3.8, 4) is 11.3 Å². The summed E-state index contributed by atoms with van der Waals surface area (Å²) in [6, 6.07) is 13.5. The van der Waals surface area contributed by atoms with Crippen LogP contribution >= 0.6 is 11.6 Å². The van der Waals surface area contributed by atoms with Gasteiger partial charge < -0.3 is 4.74 Å². The van der Waals surface area contributed by atoms with Crippen molar-refractivity contribution in [1.29, 1.82) is 0 Å². The summed E-state index contributed by atoms with van der Waals surface area (Å²) in [5, 5.41) is 19.4. The lowest BCUT2D eigenvalue weighted by molar-refractivity contribution is -0.384. The molecule has 132 valence electrons. The van der Waals surface area contributed by atoms with Crippen LogP contribution in [0.3, 0.4) is 0 Å². The molecule has 0 aliphatic heterocycles. The molecule has 0 fully saturated rings. The number of esters is 1. The van der Waals surface area contributed by atoms with E-state index in [1.54, 1.807) is 0 Å². The van der Waals surface area contributed by atoms with E-state index in [1.165, 1.54) is 30.0 Å². The maximum absolute atomic E-state index is 12.3. The van der Waals surface area contributed by atoms with Crippen LogP contribution in [-0.2, 0) is 11.3 Å². The molecule has 2 aromatic carbocycles. The van der Waals surface area contributed by atoms with Gasteiger partial charge in [0.2, 0.25) is 0 Å². The van der Waals surface area contributed by atoms with Crippen LogP contribution < -0.4 is 0 Å². The molecule has 8 nitrogen and oxygen atoms in total. The van der Waals surface area contributed by atoms with E-state index < -0.39 is 10.9 Å². The van der Waals surface area contributed by atoms with Gasteiger partial charge >= 0.3 is 5.97 Å². The molecule has 0 spiro atoms. The molecule has 0 N–H and O–H groups in total. The van der Waals surface area contributed by atoms with Crippen molar-refractivity contribution in [1.82, 2.24) is 15.0 Å². The van der Waals surface area contributed by atoms with E-state index >= 15 is 0 Å². The fourth-order valence-corrected chi connectivity index (χ4v) is 2.81. The number of halogens is 1. The summed E-state index contributed by atoms with van der Waals surface area (Å²) in [6.07, 6.45) is 0. The molecular weight excluding hydrogens is 360 g/mol. The highest BCUT2D eigenvalue weighted by molar-refractivity contribution is 6.34. The normalized spacial score (nSPS) is 10.5. The summed E-state index contributed by atoms with van der Waals surface area (Å²) in [5.74, 6) is -0.713. The molecule has 0 amide bonds. The Labute approximate surface area is 153 Å². The van der Waals surface area contributed by atoms with Gasteiger partial charge in [-0.15, -0.1) is 5.10 Å². The number of hydrogen-bond acceptors (Lipinski definition) is 6. The molecule has 0 saturated carbocycles. The van der Waals surface area contributed by atoms with E-state index in [0.717, 1.165) is 5.56 Å². The first-order valence-electron chi connectivity index (χ1n) is 7.52. The number of nitro benzene ring substituents is 1. The number of methoxy groups -OCH3 is 1. The number of aromatic nitrogens is 3. The SMILES string of the molecule is COC(=O)c1c(-c2c(Cl)cccc2[N+](=O)[O-])nnn1Cc1ccccc1. The van der Waals surface area contributed by atoms with E-state index in [1.807, 2.05) is 30.3 Å². The quantitative estimate of drug-likeness (QED) is 0.387. The van der Waals surface area contributed by atoms with Crippen molar-refractivity contribution in [2.24, 2.45) is 0 Å². The first-order valence-corrected chi connectivity index (χ1v) is 7.89. The molecular formula is C17H13ClN4O4. The minimum Gasteiger partial charge on any atom is -0.464 e. The summed E-state index contributed by atoms with van der Waals surface area (Å²) >= 11 is 6.16. The lowest BCUT2D eigenvalue weighted by atomic mass is 10.1. The Morgan fingerprint density at radius 3 is 2.62 bits per heavy atom. The summed E-state index contributed by atoms with van der Waals surface area (Å²) in [5.41, 5.74) is 0.633. The third-order valence-corrected chi connectivity index (χ3v) is 4.03. The van der Waals surface area contributed by atoms with Crippen molar-refractivity contribution in [3.63, 3.8) is 0 Å². The topological polar surface area (TPSA) is 100 Å². The highest BCUT2D eigenvalue weighted by Crippen LogP contribution is 2.37. The number of carbonyl (C=O) groups is 1. The van der Waals surface area contributed by atoms with Crippen molar-refractivity contribution in [3.05, 3.63) is 74.9 Å². The van der Waals surface area contributed by atoms with Crippen LogP contribution in [0.4, 0.5) is 5.69 Å². The minimum atomic E-state index is -0.713. The molecule has 26 heavy (non-hydrogen) atoms. The van der Waals surface area contributed by atoms with Crippen LogP contribution in [0.2, 0.25) is 5.02 Å². The monoisotopic (exact) mass is 372 g/mol. The van der Waals surface area contributed by atoms with Crippen LogP contribution in [0.5, 0.6) is 0 Å². The third-order valence-electron chi connectivity index (χ3n) is 3.71. The minimum absolute atomic E-state index is 0.00470. The highest BCUT2D eigenvalue weighted by Gasteiger charge is 2.29. The van der Waals surface area contributed by atoms with Crippen molar-refractivity contribution >= 4 is 23.3 Å². The summed E-state index contributed by atoms with van der Waals surface area (Å²) in [4.78, 5) is 23.1. The smallest absolute Gasteiger partial charge is 0.358 e. The van der Waals surface area contributed by atoms with E-state index in [9.17, 15) is 14.9 Å². The van der Waals surface area contributed by atoms with Crippen molar-refractivity contribution in [2.45, 2.75) is 6.54 Å². The fourth-order valence-electron chi connectivity index (χ4n) is 2.55. The standard InChI is InChI=1S/C17H13ClN4O4/c1-26-17(23)16-15(14-12(18)8-5-9-13(14)22(24)25)19-20-21(16)10-11-6-3-2-4-7-11/h2-9H,10H2,1H3. The maximum Gasteiger partial charge on any atom is 0.358 e. The number of nitro groups is 1. The van der Waals surface area contributed by atoms with Crippen LogP contribution in [0.15, 0.2) is 48.5 Å². The van der Waals surface area contributed by atoms with Gasteiger partial charge in [0.25, 0.3) is 5.69 Å². The average Bonchev–Trinajstić information content (AvgIpc) is 3.04. The molecule has 3 rings (SSSR count). The second kappa shape index (κ2) is 7.32. The molecule has 1 aromatic heterocycles. The molecule has 1 heterocycles. The zero-order valence-corrected chi connectivity index (χ0v) is 14.4. The molecule has 9 heteroatoms. The van der Waals surface area contributed by atoms with Crippen LogP contribution in [0.25, 0.3) is 11.3 Å². The molecule has 0 atom stereocenters. The lowest BCUT2D eigenvalue weighted by Gasteiger charge is -2.08. The van der Waals surface area contributed by atoms with Crippen LogP contribution in [-0.4, -0.2) is 33.0 Å². The van der Waals surface area contributed by atoms with Gasteiger partial charge in [0.1, 0.15) is 11.3 Å². The number of benzene rings is 2. The molecule has 0 saturated heterocycles. The molecule has 3 aromatic rings. The van der Waals surface area contributed by atoms with E-state index in [4.69, 9.17) is 16.3 Å². The van der Waals surface area contributed by atoms with Gasteiger partial charge in [0, 0.05) is 6.07 Å². The van der Waals surface area contributed by atoms with Gasteiger partial charge in [-0.2, -0.15) is 0 Å². The van der Waals surface area contributed by atoms with E-state index in [2.05, 4.69) is 10.3 Å². The molecule has 0 aliphatic rings. The Kier molecular flexibility index (Phi) is 4.94. The van der Waals surface area contributed by atoms with Gasteiger partial charge in [-0.1, -0.05) is 53.2 Å². The Balaban J connectivity index is 2.18. The largest absolute Gasteiger partial charge is 0.464 e. The average molecular weight is 373 g/mol. The van der Waals surface area contributed by atoms with Gasteiger partial charge in [-0.05, 0) is 11.6 Å². The molecule has 0 radical (unpaired) electrons. The number of rotatable bonds is 5. The zero-order chi connectivity index (χ0) is 18.7. The van der Waals surface area contributed by atoms with E-state index in [0.29, 0.717) is 0 Å². The first-order chi connectivity index (χ1) is 12.5. The first kappa shape index (κ1) is 17.6. The Hall–Kier alpha value is -3.26. The summed E-state index contributed by atoms with van der Waals surface area (Å²) in [7, 11) is 1.22. The predicted molar refractivity (Wildman–Crippen MR) is 94.0 cm³/mol. The summed E-state index contributed by atoms with van der Waals surface area (Å²) in [6.45, 7) is 0.247. The zero-order valence-electron chi connectivity index (χ0n) is 13.6. The number of ether oxygens (including phenoxy) is 1. The van der Waals surface area contributed by atoms with Crippen molar-refractivity contribution < 1.29 is 14.5 Å². The lowest BCUT2D eigenvalue weighted by Crippen LogP contribution is -2.14. The summed E-state index contributed by atoms with van der Waals surface area (Å²) < 4.78 is 6.16. The highest BCUT2D eigenvalue weighted by atomic mass is 35.5. The fraction of sp³-hybridized carbons (Fsp3) is 0.118. The van der Waals surface area contributed by atoms with Gasteiger partial charge in [-0.25, -0.2) is 9.48 Å². The maximum atomic E-state index is 12.3. The Bertz CT molecular complexity index is 972. The van der Waals surface area contributed by atoms with E-state index in [-0.39, 0.29) is 34.2 Å². The number of nitrogens with zero attached hydrogens (tertiary/aromatic N) is 4. The Morgan fingerprint density at radius 2 is 1.96 bits per heavy atom. The van der Waals surface area contributed by atoms with Gasteiger partial charge in [0.15, 0.2) is 5.69 Å². The van der Waals surface area contributed by atoms with Gasteiger partial charge in [-0.3, -0.25) is 10.1 Å². The van der Waals surface area contributed by atoms with Crippen LogP contribution in [0, 0.1) is 10.1 Å². The molecule has 0 unspecified atom stereocenters. The number of hydrogen-bond donors (Lipinski definition) is 0. The molecule has 0 aliphatic carbocycles. The number of carbonyl (C=O) groups excluding carboxylic acids is 1. The predicted octanol–water partition coefficient (Wildman–Crippen LogP) is 3.34. The second-order valence-electron chi connectivity index (χ2n) is 5.31.